The van der Waals surface area contributed by atoms with Crippen molar-refractivity contribution >= 4 is 28.8 Å². The van der Waals surface area contributed by atoms with E-state index in [9.17, 15) is 4.79 Å². The molecule has 0 saturated heterocycles. The van der Waals surface area contributed by atoms with Crippen molar-refractivity contribution in [2.75, 3.05) is 13.7 Å². The summed E-state index contributed by atoms with van der Waals surface area (Å²) in [6.07, 6.45) is 5.41. The summed E-state index contributed by atoms with van der Waals surface area (Å²) in [7, 11) is 1.62. The molecule has 5 nitrogen and oxygen atoms in total. The fraction of sp³-hybridized carbons (Fsp3) is 0.176. The van der Waals surface area contributed by atoms with Crippen LogP contribution in [0.4, 0.5) is 0 Å². The molecule has 1 aliphatic heterocycles. The number of methoxy groups -OCH3 is 1. The number of amides is 1. The molecule has 0 aliphatic carbocycles. The number of hydrogen-bond donors (Lipinski definition) is 1. The third-order valence-electron chi connectivity index (χ3n) is 4.05. The van der Waals surface area contributed by atoms with E-state index in [4.69, 9.17) is 16.3 Å². The van der Waals surface area contributed by atoms with E-state index >= 15 is 0 Å². The molecule has 1 N–H and O–H groups in total. The van der Waals surface area contributed by atoms with Crippen LogP contribution in [0.3, 0.4) is 0 Å². The molecule has 122 valence electrons. The standard InChI is InChI=1S/C17H14ClN3O2S/c1-23-12-8-19-5-4-10(12)11-9-21-7-6-20-17(22)16(21)15(11)13-2-3-14(18)24-13/h2-5,8-9H,6-7H2,1H3,(H,20,22). The van der Waals surface area contributed by atoms with Crippen molar-refractivity contribution in [1.29, 1.82) is 0 Å². The highest BCUT2D eigenvalue weighted by Crippen LogP contribution is 2.43. The molecule has 0 saturated carbocycles. The van der Waals surface area contributed by atoms with Gasteiger partial charge in [-0.3, -0.25) is 9.78 Å². The van der Waals surface area contributed by atoms with Crippen LogP contribution in [0.2, 0.25) is 4.34 Å². The molecule has 0 bridgehead atoms. The Labute approximate surface area is 147 Å². The topological polar surface area (TPSA) is 56.2 Å². The van der Waals surface area contributed by atoms with E-state index in [1.54, 1.807) is 19.5 Å². The number of rotatable bonds is 3. The highest BCUT2D eigenvalue weighted by Gasteiger charge is 2.28. The highest BCUT2D eigenvalue weighted by molar-refractivity contribution is 7.19. The summed E-state index contributed by atoms with van der Waals surface area (Å²) in [5.41, 5.74) is 3.39. The third kappa shape index (κ3) is 2.39. The minimum atomic E-state index is -0.0694. The number of thiophene rings is 1. The SMILES string of the molecule is COc1cnccc1-c1cn2c(c1-c1ccc(Cl)s1)C(=O)NCC2. The summed E-state index contributed by atoms with van der Waals surface area (Å²) in [4.78, 5) is 17.6. The first-order chi connectivity index (χ1) is 11.7. The number of pyridine rings is 1. The first-order valence-electron chi connectivity index (χ1n) is 7.44. The number of carbonyl (C=O) groups is 1. The normalized spacial score (nSPS) is 13.5. The van der Waals surface area contributed by atoms with E-state index in [0.717, 1.165) is 28.1 Å². The molecule has 1 aliphatic rings. The van der Waals surface area contributed by atoms with Gasteiger partial charge in [0.25, 0.3) is 5.91 Å². The summed E-state index contributed by atoms with van der Waals surface area (Å²) in [5, 5.41) is 2.92. The fourth-order valence-electron chi connectivity index (χ4n) is 3.02. The minimum Gasteiger partial charge on any atom is -0.494 e. The van der Waals surface area contributed by atoms with Crippen LogP contribution >= 0.6 is 22.9 Å². The zero-order chi connectivity index (χ0) is 16.7. The summed E-state index contributed by atoms with van der Waals surface area (Å²) < 4.78 is 8.15. The Morgan fingerprint density at radius 1 is 1.33 bits per heavy atom. The molecule has 1 amide bonds. The Balaban J connectivity index is 2.02. The second kappa shape index (κ2) is 5.96. The fourth-order valence-corrected chi connectivity index (χ4v) is 4.12. The molecule has 3 aromatic rings. The van der Waals surface area contributed by atoms with Gasteiger partial charge in [0.1, 0.15) is 11.4 Å². The third-order valence-corrected chi connectivity index (χ3v) is 5.29. The average molecular weight is 360 g/mol. The first-order valence-corrected chi connectivity index (χ1v) is 8.64. The van der Waals surface area contributed by atoms with E-state index in [2.05, 4.69) is 10.3 Å². The lowest BCUT2D eigenvalue weighted by molar-refractivity contribution is 0.0929. The van der Waals surface area contributed by atoms with Gasteiger partial charge in [-0.25, -0.2) is 0 Å². The zero-order valence-corrected chi connectivity index (χ0v) is 14.4. The molecule has 0 unspecified atom stereocenters. The smallest absolute Gasteiger partial charge is 0.268 e. The maximum Gasteiger partial charge on any atom is 0.268 e. The Morgan fingerprint density at radius 2 is 2.21 bits per heavy atom. The lowest BCUT2D eigenvalue weighted by atomic mass is 10.0. The first kappa shape index (κ1) is 15.2. The molecule has 3 aromatic heterocycles. The Hall–Kier alpha value is -2.31. The summed E-state index contributed by atoms with van der Waals surface area (Å²) >= 11 is 7.59. The van der Waals surface area contributed by atoms with Gasteiger partial charge in [-0.15, -0.1) is 11.3 Å². The van der Waals surface area contributed by atoms with E-state index in [1.165, 1.54) is 11.3 Å². The van der Waals surface area contributed by atoms with Crippen molar-refractivity contribution in [1.82, 2.24) is 14.9 Å². The minimum absolute atomic E-state index is 0.0694. The average Bonchev–Trinajstić information content (AvgIpc) is 3.19. The van der Waals surface area contributed by atoms with Crippen LogP contribution in [-0.2, 0) is 6.54 Å². The molecule has 7 heteroatoms. The zero-order valence-electron chi connectivity index (χ0n) is 12.9. The van der Waals surface area contributed by atoms with Gasteiger partial charge in [-0.2, -0.15) is 0 Å². The van der Waals surface area contributed by atoms with Crippen LogP contribution in [-0.4, -0.2) is 29.1 Å². The van der Waals surface area contributed by atoms with E-state index in [1.807, 2.05) is 29.0 Å². The maximum absolute atomic E-state index is 12.5. The van der Waals surface area contributed by atoms with Gasteiger partial charge in [0.2, 0.25) is 0 Å². The van der Waals surface area contributed by atoms with Crippen LogP contribution in [0.1, 0.15) is 10.5 Å². The molecule has 24 heavy (non-hydrogen) atoms. The van der Waals surface area contributed by atoms with Gasteiger partial charge in [0.05, 0.1) is 17.6 Å². The van der Waals surface area contributed by atoms with Crippen LogP contribution in [0.25, 0.3) is 21.6 Å². The number of halogens is 1. The monoisotopic (exact) mass is 359 g/mol. The van der Waals surface area contributed by atoms with Crippen molar-refractivity contribution in [3.05, 3.63) is 46.8 Å². The molecular weight excluding hydrogens is 346 g/mol. The van der Waals surface area contributed by atoms with E-state index < -0.39 is 0 Å². The highest BCUT2D eigenvalue weighted by atomic mass is 35.5. The second-order valence-corrected chi connectivity index (χ2v) is 7.11. The van der Waals surface area contributed by atoms with Crippen molar-refractivity contribution in [3.63, 3.8) is 0 Å². The number of nitrogens with one attached hydrogen (secondary N) is 1. The van der Waals surface area contributed by atoms with Gasteiger partial charge in [0.15, 0.2) is 0 Å². The number of carbonyl (C=O) groups excluding carboxylic acids is 1. The largest absolute Gasteiger partial charge is 0.494 e. The van der Waals surface area contributed by atoms with Crippen LogP contribution in [0.15, 0.2) is 36.8 Å². The number of aromatic nitrogens is 2. The van der Waals surface area contributed by atoms with Crippen LogP contribution < -0.4 is 10.1 Å². The predicted octanol–water partition coefficient (Wildman–Crippen LogP) is 3.68. The summed E-state index contributed by atoms with van der Waals surface area (Å²) in [6, 6.07) is 5.69. The molecule has 0 fully saturated rings. The lowest BCUT2D eigenvalue weighted by Gasteiger charge is -2.16. The van der Waals surface area contributed by atoms with Gasteiger partial charge in [0, 0.05) is 47.1 Å². The van der Waals surface area contributed by atoms with Crippen molar-refractivity contribution < 1.29 is 9.53 Å². The Kier molecular flexibility index (Phi) is 3.78. The molecule has 0 spiro atoms. The molecule has 0 radical (unpaired) electrons. The number of ether oxygens (including phenoxy) is 1. The maximum atomic E-state index is 12.5. The van der Waals surface area contributed by atoms with Crippen LogP contribution in [0.5, 0.6) is 5.75 Å². The van der Waals surface area contributed by atoms with Crippen molar-refractivity contribution in [2.45, 2.75) is 6.54 Å². The molecule has 4 heterocycles. The van der Waals surface area contributed by atoms with Gasteiger partial charge < -0.3 is 14.6 Å². The second-order valence-electron chi connectivity index (χ2n) is 5.40. The molecule has 4 rings (SSSR count). The van der Waals surface area contributed by atoms with Gasteiger partial charge in [-0.05, 0) is 18.2 Å². The summed E-state index contributed by atoms with van der Waals surface area (Å²) in [6.45, 7) is 1.36. The number of fused-ring (bicyclic) bond motifs is 1. The van der Waals surface area contributed by atoms with Crippen LogP contribution in [0, 0.1) is 0 Å². The summed E-state index contributed by atoms with van der Waals surface area (Å²) in [5.74, 6) is 0.602. The Bertz CT molecular complexity index is 932. The molecular formula is C17H14ClN3O2S. The molecule has 0 atom stereocenters. The van der Waals surface area contributed by atoms with Gasteiger partial charge in [-0.1, -0.05) is 11.6 Å². The van der Waals surface area contributed by atoms with Crippen molar-refractivity contribution in [2.24, 2.45) is 0 Å². The van der Waals surface area contributed by atoms with E-state index in [0.29, 0.717) is 22.3 Å². The number of nitrogens with zero attached hydrogens (tertiary/aromatic N) is 2. The Morgan fingerprint density at radius 3 is 2.96 bits per heavy atom. The van der Waals surface area contributed by atoms with Crippen molar-refractivity contribution in [3.8, 4) is 27.3 Å². The van der Waals surface area contributed by atoms with E-state index in [-0.39, 0.29) is 5.91 Å². The van der Waals surface area contributed by atoms with Gasteiger partial charge >= 0.3 is 0 Å². The number of hydrogen-bond acceptors (Lipinski definition) is 4. The molecule has 0 aromatic carbocycles. The quantitative estimate of drug-likeness (QED) is 0.776. The lowest BCUT2D eigenvalue weighted by Crippen LogP contribution is -2.35. The predicted molar refractivity (Wildman–Crippen MR) is 94.9 cm³/mol.